The summed E-state index contributed by atoms with van der Waals surface area (Å²) in [6.07, 6.45) is 3.54. The molecule has 0 aliphatic carbocycles. The lowest BCUT2D eigenvalue weighted by Gasteiger charge is -2.19. The van der Waals surface area contributed by atoms with Gasteiger partial charge < -0.3 is 4.74 Å². The van der Waals surface area contributed by atoms with Gasteiger partial charge in [-0.2, -0.15) is 0 Å². The van der Waals surface area contributed by atoms with Gasteiger partial charge in [0.25, 0.3) is 0 Å². The van der Waals surface area contributed by atoms with E-state index in [0.29, 0.717) is 18.0 Å². The summed E-state index contributed by atoms with van der Waals surface area (Å²) < 4.78 is 5.23. The van der Waals surface area contributed by atoms with Crippen LogP contribution in [0.2, 0.25) is 0 Å². The molecule has 0 aromatic carbocycles. The Labute approximate surface area is 93.6 Å². The lowest BCUT2D eigenvalue weighted by atomic mass is 10.1. The van der Waals surface area contributed by atoms with E-state index in [2.05, 4.69) is 15.0 Å². The number of carbonyl (C=O) groups is 1. The number of esters is 1. The first-order valence-corrected chi connectivity index (χ1v) is 5.05. The predicted molar refractivity (Wildman–Crippen MR) is 58.7 cm³/mol. The molecule has 0 bridgehead atoms. The highest BCUT2D eigenvalue weighted by Crippen LogP contribution is 2.23. The third-order valence-corrected chi connectivity index (χ3v) is 2.00. The maximum Gasteiger partial charge on any atom is 0.353 e. The van der Waals surface area contributed by atoms with Crippen LogP contribution >= 0.6 is 0 Å². The fraction of sp³-hybridized carbons (Fsp3) is 0.455. The predicted octanol–water partition coefficient (Wildman–Crippen LogP) is 1.45. The summed E-state index contributed by atoms with van der Waals surface area (Å²) in [5.74, 6) is 0.182. The van der Waals surface area contributed by atoms with Gasteiger partial charge in [-0.25, -0.2) is 19.8 Å². The monoisotopic (exact) mass is 219 g/mol. The summed E-state index contributed by atoms with van der Waals surface area (Å²) >= 11 is 0. The molecule has 16 heavy (non-hydrogen) atoms. The molecule has 0 unspecified atom stereocenters. The van der Waals surface area contributed by atoms with Gasteiger partial charge >= 0.3 is 5.97 Å². The van der Waals surface area contributed by atoms with Gasteiger partial charge in [0.2, 0.25) is 0 Å². The van der Waals surface area contributed by atoms with E-state index in [0.717, 1.165) is 5.56 Å². The Hall–Kier alpha value is -1.78. The van der Waals surface area contributed by atoms with Crippen LogP contribution in [0.3, 0.4) is 0 Å². The van der Waals surface area contributed by atoms with Gasteiger partial charge in [0.05, 0.1) is 0 Å². The van der Waals surface area contributed by atoms with Crippen LogP contribution < -0.4 is 0 Å². The first-order valence-electron chi connectivity index (χ1n) is 5.05. The van der Waals surface area contributed by atoms with Crippen molar-refractivity contribution in [1.82, 2.24) is 9.97 Å². The van der Waals surface area contributed by atoms with Crippen LogP contribution in [0.1, 0.15) is 26.3 Å². The second-order valence-corrected chi connectivity index (χ2v) is 4.61. The van der Waals surface area contributed by atoms with E-state index in [4.69, 9.17) is 4.74 Å². The van der Waals surface area contributed by atoms with E-state index in [9.17, 15) is 4.79 Å². The molecule has 0 radical (unpaired) electrons. The Morgan fingerprint density at radius 3 is 2.81 bits per heavy atom. The molecular weight excluding hydrogens is 206 g/mol. The van der Waals surface area contributed by atoms with Crippen molar-refractivity contribution in [3.63, 3.8) is 0 Å². The van der Waals surface area contributed by atoms with Crippen molar-refractivity contribution in [3.05, 3.63) is 18.1 Å². The SMILES string of the molecule is CC(C)(C)OC(=O)C1=Nc2ncncc2C1. The fourth-order valence-corrected chi connectivity index (χ4v) is 1.38. The standard InChI is InChI=1S/C11H13N3O2/c1-11(2,3)16-10(15)8-4-7-5-12-6-13-9(7)14-8/h5-6H,4H2,1-3H3. The lowest BCUT2D eigenvalue weighted by molar-refractivity contribution is -0.146. The van der Waals surface area contributed by atoms with Gasteiger partial charge in [0.1, 0.15) is 17.6 Å². The van der Waals surface area contributed by atoms with E-state index in [1.807, 2.05) is 20.8 Å². The molecule has 2 rings (SSSR count). The third-order valence-electron chi connectivity index (χ3n) is 2.00. The Bertz CT molecular complexity index is 461. The Kier molecular flexibility index (Phi) is 2.46. The Morgan fingerprint density at radius 2 is 2.19 bits per heavy atom. The molecule has 1 aromatic rings. The molecule has 2 heterocycles. The molecule has 1 aliphatic heterocycles. The molecule has 1 aromatic heterocycles. The minimum Gasteiger partial charge on any atom is -0.455 e. The highest BCUT2D eigenvalue weighted by atomic mass is 16.6. The van der Waals surface area contributed by atoms with Crippen molar-refractivity contribution < 1.29 is 9.53 Å². The van der Waals surface area contributed by atoms with E-state index in [1.165, 1.54) is 6.33 Å². The largest absolute Gasteiger partial charge is 0.455 e. The number of fused-ring (bicyclic) bond motifs is 1. The average molecular weight is 219 g/mol. The highest BCUT2D eigenvalue weighted by Gasteiger charge is 2.26. The maximum atomic E-state index is 11.7. The number of aromatic nitrogens is 2. The van der Waals surface area contributed by atoms with Gasteiger partial charge in [0, 0.05) is 18.2 Å². The van der Waals surface area contributed by atoms with Crippen LogP contribution in [0.25, 0.3) is 0 Å². The smallest absolute Gasteiger partial charge is 0.353 e. The average Bonchev–Trinajstić information content (AvgIpc) is 2.58. The van der Waals surface area contributed by atoms with E-state index >= 15 is 0 Å². The van der Waals surface area contributed by atoms with Crippen LogP contribution in [0.15, 0.2) is 17.5 Å². The van der Waals surface area contributed by atoms with Crippen molar-refractivity contribution in [3.8, 4) is 0 Å². The molecule has 84 valence electrons. The number of nitrogens with zero attached hydrogens (tertiary/aromatic N) is 3. The molecule has 0 N–H and O–H groups in total. The molecular formula is C11H13N3O2. The number of hydrogen-bond acceptors (Lipinski definition) is 5. The summed E-state index contributed by atoms with van der Waals surface area (Å²) in [5.41, 5.74) is 0.758. The zero-order valence-electron chi connectivity index (χ0n) is 9.52. The maximum absolute atomic E-state index is 11.7. The van der Waals surface area contributed by atoms with Crippen LogP contribution in [-0.4, -0.2) is 27.2 Å². The van der Waals surface area contributed by atoms with Gasteiger partial charge in [-0.1, -0.05) is 0 Å². The number of ether oxygens (including phenoxy) is 1. The number of rotatable bonds is 1. The first-order chi connectivity index (χ1) is 7.46. The molecule has 5 nitrogen and oxygen atoms in total. The third kappa shape index (κ3) is 2.24. The van der Waals surface area contributed by atoms with Crippen molar-refractivity contribution in [2.24, 2.45) is 4.99 Å². The van der Waals surface area contributed by atoms with E-state index in [-0.39, 0.29) is 5.97 Å². The van der Waals surface area contributed by atoms with Crippen molar-refractivity contribution in [2.75, 3.05) is 0 Å². The lowest BCUT2D eigenvalue weighted by Crippen LogP contribution is -2.29. The zero-order valence-corrected chi connectivity index (χ0v) is 9.52. The number of hydrogen-bond donors (Lipinski definition) is 0. The fourth-order valence-electron chi connectivity index (χ4n) is 1.38. The summed E-state index contributed by atoms with van der Waals surface area (Å²) in [5, 5.41) is 0. The van der Waals surface area contributed by atoms with Crippen LogP contribution in [0.4, 0.5) is 5.82 Å². The summed E-state index contributed by atoms with van der Waals surface area (Å²) in [4.78, 5) is 23.7. The molecule has 5 heteroatoms. The van der Waals surface area contributed by atoms with Crippen LogP contribution in [0.5, 0.6) is 0 Å². The van der Waals surface area contributed by atoms with Gasteiger partial charge in [-0.05, 0) is 20.8 Å². The van der Waals surface area contributed by atoms with Gasteiger partial charge in [-0.3, -0.25) is 0 Å². The van der Waals surface area contributed by atoms with Crippen molar-refractivity contribution >= 4 is 17.5 Å². The quantitative estimate of drug-likeness (QED) is 0.670. The van der Waals surface area contributed by atoms with Crippen molar-refractivity contribution in [2.45, 2.75) is 32.8 Å². The molecule has 0 fully saturated rings. The second-order valence-electron chi connectivity index (χ2n) is 4.61. The van der Waals surface area contributed by atoms with E-state index in [1.54, 1.807) is 6.20 Å². The molecule has 0 amide bonds. The normalized spacial score (nSPS) is 14.3. The molecule has 0 saturated heterocycles. The van der Waals surface area contributed by atoms with Gasteiger partial charge in [-0.15, -0.1) is 0 Å². The highest BCUT2D eigenvalue weighted by molar-refractivity contribution is 6.38. The second kappa shape index (κ2) is 3.66. The van der Waals surface area contributed by atoms with Crippen LogP contribution in [0, 0.1) is 0 Å². The van der Waals surface area contributed by atoms with Crippen molar-refractivity contribution in [1.29, 1.82) is 0 Å². The minimum atomic E-state index is -0.500. The number of carbonyl (C=O) groups excluding carboxylic acids is 1. The summed E-state index contributed by atoms with van der Waals surface area (Å²) in [6, 6.07) is 0. The number of aliphatic imine (C=N–C) groups is 1. The molecule has 0 spiro atoms. The zero-order chi connectivity index (χ0) is 11.8. The van der Waals surface area contributed by atoms with E-state index < -0.39 is 5.60 Å². The summed E-state index contributed by atoms with van der Waals surface area (Å²) in [7, 11) is 0. The molecule has 0 saturated carbocycles. The minimum absolute atomic E-state index is 0.384. The Morgan fingerprint density at radius 1 is 1.44 bits per heavy atom. The topological polar surface area (TPSA) is 64.4 Å². The van der Waals surface area contributed by atoms with Crippen LogP contribution in [-0.2, 0) is 16.0 Å². The summed E-state index contributed by atoms with van der Waals surface area (Å²) in [6.45, 7) is 5.48. The Balaban J connectivity index is 2.14. The first kappa shape index (κ1) is 10.7. The molecule has 1 aliphatic rings. The van der Waals surface area contributed by atoms with Gasteiger partial charge in [0.15, 0.2) is 5.82 Å². The molecule has 0 atom stereocenters.